The number of hydrogen-bond acceptors (Lipinski definition) is 3. The monoisotopic (exact) mass is 292 g/mol. The Morgan fingerprint density at radius 1 is 1.43 bits per heavy atom. The van der Waals surface area contributed by atoms with Gasteiger partial charge >= 0.3 is 6.03 Å². The Morgan fingerprint density at radius 2 is 2.14 bits per heavy atom. The zero-order valence-corrected chi connectivity index (χ0v) is 13.0. The minimum absolute atomic E-state index is 0.102. The van der Waals surface area contributed by atoms with Gasteiger partial charge in [0.25, 0.3) is 0 Å². The van der Waals surface area contributed by atoms with Crippen LogP contribution in [0.4, 0.5) is 10.5 Å². The molecule has 0 aliphatic carbocycles. The van der Waals surface area contributed by atoms with Crippen molar-refractivity contribution in [1.82, 2.24) is 4.90 Å². The molecule has 1 aliphatic rings. The third kappa shape index (κ3) is 4.36. The van der Waals surface area contributed by atoms with Gasteiger partial charge in [-0.05, 0) is 37.6 Å². The molecule has 2 rings (SSSR count). The van der Waals surface area contributed by atoms with Crippen molar-refractivity contribution in [2.24, 2.45) is 0 Å². The van der Waals surface area contributed by atoms with Crippen LogP contribution >= 0.6 is 0 Å². The van der Waals surface area contributed by atoms with Crippen LogP contribution < -0.4 is 10.1 Å². The van der Waals surface area contributed by atoms with Crippen LogP contribution in [-0.4, -0.2) is 43.8 Å². The molecule has 1 aliphatic heterocycles. The van der Waals surface area contributed by atoms with Gasteiger partial charge in [-0.1, -0.05) is 0 Å². The number of amides is 2. The number of ether oxygens (including phenoxy) is 2. The third-order valence-corrected chi connectivity index (χ3v) is 3.71. The Bertz CT molecular complexity index is 484. The van der Waals surface area contributed by atoms with E-state index in [0.29, 0.717) is 6.54 Å². The van der Waals surface area contributed by atoms with Gasteiger partial charge in [0.1, 0.15) is 11.9 Å². The van der Waals surface area contributed by atoms with Crippen molar-refractivity contribution in [2.45, 2.75) is 32.8 Å². The average Bonchev–Trinajstić information content (AvgIpc) is 2.50. The predicted molar refractivity (Wildman–Crippen MR) is 83.0 cm³/mol. The smallest absolute Gasteiger partial charge is 0.321 e. The summed E-state index contributed by atoms with van der Waals surface area (Å²) in [5.41, 5.74) is 1.82. The van der Waals surface area contributed by atoms with Crippen molar-refractivity contribution in [3.63, 3.8) is 0 Å². The summed E-state index contributed by atoms with van der Waals surface area (Å²) in [7, 11) is 1.77. The number of benzene rings is 1. The molecule has 0 bridgehead atoms. The number of aryl methyl sites for hydroxylation is 1. The Kier molecular flexibility index (Phi) is 5.44. The zero-order chi connectivity index (χ0) is 15.2. The maximum atomic E-state index is 11.8. The van der Waals surface area contributed by atoms with E-state index in [1.165, 1.54) is 0 Å². The van der Waals surface area contributed by atoms with E-state index in [2.05, 4.69) is 5.32 Å². The van der Waals surface area contributed by atoms with Crippen LogP contribution in [0, 0.1) is 6.92 Å². The molecule has 0 radical (unpaired) electrons. The number of carbonyl (C=O) groups is 1. The van der Waals surface area contributed by atoms with E-state index in [9.17, 15) is 4.79 Å². The second-order valence-corrected chi connectivity index (χ2v) is 5.35. The molecule has 1 fully saturated rings. The molecule has 116 valence electrons. The predicted octanol–water partition coefficient (Wildman–Crippen LogP) is 3.04. The number of hydrogen-bond donors (Lipinski definition) is 1. The van der Waals surface area contributed by atoms with Gasteiger partial charge < -0.3 is 19.7 Å². The number of urea groups is 1. The summed E-state index contributed by atoms with van der Waals surface area (Å²) in [4.78, 5) is 13.5. The van der Waals surface area contributed by atoms with Crippen LogP contribution in [0.15, 0.2) is 18.2 Å². The summed E-state index contributed by atoms with van der Waals surface area (Å²) < 4.78 is 11.3. The van der Waals surface area contributed by atoms with Crippen molar-refractivity contribution < 1.29 is 14.3 Å². The zero-order valence-electron chi connectivity index (χ0n) is 13.0. The lowest BCUT2D eigenvalue weighted by Crippen LogP contribution is -2.31. The van der Waals surface area contributed by atoms with Crippen LogP contribution in [0.25, 0.3) is 0 Å². The van der Waals surface area contributed by atoms with Crippen molar-refractivity contribution in [1.29, 1.82) is 0 Å². The number of nitrogens with zero attached hydrogens (tertiary/aromatic N) is 1. The molecule has 1 heterocycles. The molecule has 1 aromatic carbocycles. The molecule has 1 aromatic rings. The molecule has 0 saturated carbocycles. The summed E-state index contributed by atoms with van der Waals surface area (Å²) in [6, 6.07) is 5.64. The van der Waals surface area contributed by atoms with Gasteiger partial charge in [-0.15, -0.1) is 0 Å². The van der Waals surface area contributed by atoms with Gasteiger partial charge in [-0.2, -0.15) is 0 Å². The molecule has 2 amide bonds. The molecule has 0 spiro atoms. The highest BCUT2D eigenvalue weighted by molar-refractivity contribution is 5.89. The van der Waals surface area contributed by atoms with Crippen LogP contribution in [0.3, 0.4) is 0 Å². The van der Waals surface area contributed by atoms with Crippen LogP contribution in [0.5, 0.6) is 5.75 Å². The van der Waals surface area contributed by atoms with Gasteiger partial charge in [-0.25, -0.2) is 4.79 Å². The summed E-state index contributed by atoms with van der Waals surface area (Å²) in [6.07, 6.45) is 2.09. The van der Waals surface area contributed by atoms with Crippen LogP contribution in [0.1, 0.15) is 25.3 Å². The summed E-state index contributed by atoms with van der Waals surface area (Å²) in [5, 5.41) is 2.88. The van der Waals surface area contributed by atoms with Crippen molar-refractivity contribution in [3.8, 4) is 5.75 Å². The number of nitrogens with one attached hydrogen (secondary N) is 1. The van der Waals surface area contributed by atoms with Gasteiger partial charge in [0.15, 0.2) is 0 Å². The quantitative estimate of drug-likeness (QED) is 0.928. The third-order valence-electron chi connectivity index (χ3n) is 3.71. The lowest BCUT2D eigenvalue weighted by molar-refractivity contribution is 0.0253. The highest BCUT2D eigenvalue weighted by Gasteiger charge is 2.16. The average molecular weight is 292 g/mol. The molecular formula is C16H24N2O3. The van der Waals surface area contributed by atoms with E-state index in [1.54, 1.807) is 11.9 Å². The molecule has 21 heavy (non-hydrogen) atoms. The minimum Gasteiger partial charge on any atom is -0.490 e. The molecule has 1 saturated heterocycles. The van der Waals surface area contributed by atoms with Gasteiger partial charge in [0.2, 0.25) is 0 Å². The van der Waals surface area contributed by atoms with Crippen molar-refractivity contribution in [2.75, 3.05) is 32.1 Å². The highest BCUT2D eigenvalue weighted by Crippen LogP contribution is 2.25. The Labute approximate surface area is 126 Å². The van der Waals surface area contributed by atoms with E-state index < -0.39 is 0 Å². The Morgan fingerprint density at radius 3 is 2.76 bits per heavy atom. The fourth-order valence-electron chi connectivity index (χ4n) is 2.20. The minimum atomic E-state index is -0.102. The van der Waals surface area contributed by atoms with E-state index >= 15 is 0 Å². The summed E-state index contributed by atoms with van der Waals surface area (Å²) in [5.74, 6) is 0.878. The molecule has 5 heteroatoms. The molecular weight excluding hydrogens is 268 g/mol. The first kappa shape index (κ1) is 15.6. The standard InChI is InChI=1S/C16H24N2O3/c1-4-18(3)16(19)17-13-5-6-15(12(2)11-13)21-14-7-9-20-10-8-14/h5-6,11,14H,4,7-10H2,1-3H3,(H,17,19). The molecule has 0 aromatic heterocycles. The van der Waals surface area contributed by atoms with E-state index in [4.69, 9.17) is 9.47 Å². The molecule has 1 N–H and O–H groups in total. The molecule has 0 unspecified atom stereocenters. The number of carbonyl (C=O) groups excluding carboxylic acids is 1. The first-order valence-electron chi connectivity index (χ1n) is 7.47. The van der Waals surface area contributed by atoms with Crippen LogP contribution in [-0.2, 0) is 4.74 Å². The number of anilines is 1. The fraction of sp³-hybridized carbons (Fsp3) is 0.562. The SMILES string of the molecule is CCN(C)C(=O)Nc1ccc(OC2CCOCC2)c(C)c1. The normalized spacial score (nSPS) is 15.6. The molecule has 5 nitrogen and oxygen atoms in total. The first-order valence-corrected chi connectivity index (χ1v) is 7.47. The van der Waals surface area contributed by atoms with Gasteiger partial charge in [0, 0.05) is 32.1 Å². The van der Waals surface area contributed by atoms with E-state index in [1.807, 2.05) is 32.0 Å². The van der Waals surface area contributed by atoms with Gasteiger partial charge in [0.05, 0.1) is 13.2 Å². The maximum absolute atomic E-state index is 11.8. The van der Waals surface area contributed by atoms with Crippen LogP contribution in [0.2, 0.25) is 0 Å². The second-order valence-electron chi connectivity index (χ2n) is 5.35. The Balaban J connectivity index is 1.98. The Hall–Kier alpha value is -1.75. The number of rotatable bonds is 4. The highest BCUT2D eigenvalue weighted by atomic mass is 16.5. The second kappa shape index (κ2) is 7.31. The van der Waals surface area contributed by atoms with E-state index in [0.717, 1.165) is 43.1 Å². The summed E-state index contributed by atoms with van der Waals surface area (Å²) >= 11 is 0. The first-order chi connectivity index (χ1) is 10.1. The fourth-order valence-corrected chi connectivity index (χ4v) is 2.20. The largest absolute Gasteiger partial charge is 0.490 e. The molecule has 0 atom stereocenters. The van der Waals surface area contributed by atoms with Gasteiger partial charge in [-0.3, -0.25) is 0 Å². The summed E-state index contributed by atoms with van der Waals surface area (Å²) in [6.45, 7) is 6.14. The van der Waals surface area contributed by atoms with E-state index in [-0.39, 0.29) is 12.1 Å². The lowest BCUT2D eigenvalue weighted by atomic mass is 10.1. The lowest BCUT2D eigenvalue weighted by Gasteiger charge is -2.24. The topological polar surface area (TPSA) is 50.8 Å². The van der Waals surface area contributed by atoms with Crippen molar-refractivity contribution >= 4 is 11.7 Å². The van der Waals surface area contributed by atoms with Crippen molar-refractivity contribution in [3.05, 3.63) is 23.8 Å². The maximum Gasteiger partial charge on any atom is 0.321 e.